The smallest absolute Gasteiger partial charge is 0.315 e. The van der Waals surface area contributed by atoms with E-state index in [0.29, 0.717) is 24.0 Å². The molecule has 2 bridgehead atoms. The van der Waals surface area contributed by atoms with Gasteiger partial charge in [-0.25, -0.2) is 4.39 Å². The number of aryl methyl sites for hydroxylation is 1. The summed E-state index contributed by atoms with van der Waals surface area (Å²) in [5.74, 6) is -2.45. The highest BCUT2D eigenvalue weighted by Gasteiger charge is 2.49. The molecule has 16 nitrogen and oxygen atoms in total. The summed E-state index contributed by atoms with van der Waals surface area (Å²) in [6.45, 7) is 12.7. The molecule has 6 aromatic rings. The monoisotopic (exact) mass is 932 g/mol. The zero-order valence-corrected chi connectivity index (χ0v) is 39.0. The maximum Gasteiger partial charge on any atom is 0.315 e. The summed E-state index contributed by atoms with van der Waals surface area (Å²) in [5, 5.41) is 18.0. The lowest BCUT2D eigenvalue weighted by Crippen LogP contribution is -2.69. The Hall–Kier alpha value is -7.27. The molecule has 5 saturated heterocycles. The van der Waals surface area contributed by atoms with E-state index in [4.69, 9.17) is 9.62 Å². The van der Waals surface area contributed by atoms with Gasteiger partial charge in [-0.05, 0) is 103 Å². The molecule has 3 N–H and O–H groups in total. The summed E-state index contributed by atoms with van der Waals surface area (Å²) >= 11 is 0. The molecule has 2 aromatic heterocycles. The van der Waals surface area contributed by atoms with E-state index < -0.39 is 41.4 Å². The number of carbonyl (C=O) groups is 5. The van der Waals surface area contributed by atoms with Crippen molar-refractivity contribution in [1.82, 2.24) is 40.8 Å². The molecular weight excluding hydrogens is 880 g/mol. The number of H-pyrrole nitrogens is 1. The topological polar surface area (TPSA) is 190 Å². The Balaban J connectivity index is 0.681. The van der Waals surface area contributed by atoms with Crippen LogP contribution in [0.2, 0.25) is 0 Å². The molecule has 0 spiro atoms. The number of carbonyl (C=O) groups excluding carboxylic acids is 5. The number of hydrogen-bond acceptors (Lipinski definition) is 12. The maximum absolute atomic E-state index is 15.7. The Bertz CT molecular complexity index is 3060. The maximum atomic E-state index is 15.7. The van der Waals surface area contributed by atoms with E-state index in [1.165, 1.54) is 11.8 Å². The van der Waals surface area contributed by atoms with E-state index in [-0.39, 0.29) is 47.4 Å². The van der Waals surface area contributed by atoms with Crippen LogP contribution in [0.1, 0.15) is 101 Å². The highest BCUT2D eigenvalue weighted by molar-refractivity contribution is 6.23. The highest BCUT2D eigenvalue weighted by atomic mass is 19.1. The van der Waals surface area contributed by atoms with Crippen molar-refractivity contribution in [1.29, 1.82) is 0 Å². The number of halogens is 1. The van der Waals surface area contributed by atoms with Gasteiger partial charge in [0.1, 0.15) is 11.9 Å². The van der Waals surface area contributed by atoms with Crippen LogP contribution in [0.25, 0.3) is 33.3 Å². The summed E-state index contributed by atoms with van der Waals surface area (Å²) < 4.78 is 20.9. The van der Waals surface area contributed by atoms with Gasteiger partial charge in [-0.3, -0.25) is 44.2 Å². The zero-order chi connectivity index (χ0) is 47.9. The highest BCUT2D eigenvalue weighted by Crippen LogP contribution is 2.42. The van der Waals surface area contributed by atoms with E-state index in [1.54, 1.807) is 0 Å². The van der Waals surface area contributed by atoms with E-state index in [2.05, 4.69) is 89.1 Å². The average Bonchev–Trinajstić information content (AvgIpc) is 4.06. The molecule has 3 atom stereocenters. The summed E-state index contributed by atoms with van der Waals surface area (Å²) in [4.78, 5) is 75.8. The van der Waals surface area contributed by atoms with E-state index in [0.717, 1.165) is 107 Å². The van der Waals surface area contributed by atoms with Crippen molar-refractivity contribution in [2.45, 2.75) is 89.9 Å². The number of aromatic amines is 1. The average molecular weight is 933 g/mol. The van der Waals surface area contributed by atoms with Crippen molar-refractivity contribution in [3.63, 3.8) is 0 Å². The molecule has 3 unspecified atom stereocenters. The molecule has 0 saturated carbocycles. The standard InChI is InChI=1S/C52H53FN10O6/c1-28-19-32(5-6-33(28)24-54-47(66)48-56-51(59-69-48)52(2,3)4)45-39-20-31(9-12-41(39)57-58-45)30-7-10-34(11-8-30)61-17-15-29(16-18-61)25-60-26-35-21-36(27-60)62(35)43-23-38-37(22-40(43)53)49(67)63(50(38)68)42-13-14-44(64)55-46(42)65/h5-12,19-20,22-23,29,35-36,42H,13-18,21,24-27H2,1-4H3,(H,54,66)(H,57,58)(H,55,64,65). The van der Waals surface area contributed by atoms with Crippen molar-refractivity contribution in [2.75, 3.05) is 42.5 Å². The van der Waals surface area contributed by atoms with Crippen LogP contribution in [-0.2, 0) is 21.5 Å². The molecule has 69 heavy (non-hydrogen) atoms. The first-order valence-electron chi connectivity index (χ1n) is 23.8. The van der Waals surface area contributed by atoms with Gasteiger partial charge in [0.25, 0.3) is 11.8 Å². The number of imide groups is 2. The lowest BCUT2D eigenvalue weighted by Gasteiger charge is -2.58. The molecule has 5 fully saturated rings. The number of piperidine rings is 3. The first-order chi connectivity index (χ1) is 33.2. The Morgan fingerprint density at radius 2 is 1.58 bits per heavy atom. The molecule has 8 heterocycles. The van der Waals surface area contributed by atoms with Gasteiger partial charge in [0.15, 0.2) is 5.82 Å². The van der Waals surface area contributed by atoms with Gasteiger partial charge in [-0.1, -0.05) is 56.3 Å². The first-order valence-corrected chi connectivity index (χ1v) is 23.8. The molecule has 12 rings (SSSR count). The van der Waals surface area contributed by atoms with Gasteiger partial charge >= 0.3 is 11.8 Å². The number of rotatable bonds is 10. The molecule has 6 aliphatic heterocycles. The molecule has 6 aliphatic rings. The van der Waals surface area contributed by atoms with Gasteiger partial charge in [0.05, 0.1) is 28.0 Å². The molecule has 0 aliphatic carbocycles. The van der Waals surface area contributed by atoms with Gasteiger partial charge in [0, 0.05) is 79.8 Å². The van der Waals surface area contributed by atoms with Crippen LogP contribution >= 0.6 is 0 Å². The Morgan fingerprint density at radius 1 is 0.870 bits per heavy atom. The van der Waals surface area contributed by atoms with Gasteiger partial charge in [-0.2, -0.15) is 10.1 Å². The fraction of sp³-hybridized carbons (Fsp3) is 0.385. The number of nitrogens with zero attached hydrogens (tertiary/aromatic N) is 7. The SMILES string of the molecule is Cc1cc(-c2n[nH]c3ccc(-c4ccc(N5CCC(CN6CC7CC(C6)N7c6cc7c(cc6F)C(=O)N(C6CCC(=O)NC6=O)C7=O)CC5)cc4)cc23)ccc1CNC(=O)c1nc(C(C)(C)C)no1. The molecule has 17 heteroatoms. The van der Waals surface area contributed by atoms with Crippen LogP contribution in [0.5, 0.6) is 0 Å². The second-order valence-electron chi connectivity index (χ2n) is 20.3. The van der Waals surface area contributed by atoms with Crippen LogP contribution in [0.4, 0.5) is 15.8 Å². The van der Waals surface area contributed by atoms with Gasteiger partial charge < -0.3 is 19.6 Å². The van der Waals surface area contributed by atoms with Crippen molar-refractivity contribution in [3.05, 3.63) is 113 Å². The summed E-state index contributed by atoms with van der Waals surface area (Å²) in [5.41, 5.74) is 8.23. The Morgan fingerprint density at radius 3 is 2.28 bits per heavy atom. The predicted molar refractivity (Wildman–Crippen MR) is 255 cm³/mol. The molecule has 354 valence electrons. The second kappa shape index (κ2) is 17.0. The number of piperazine rings is 1. The van der Waals surface area contributed by atoms with Crippen LogP contribution in [0, 0.1) is 18.7 Å². The molecule has 4 aromatic carbocycles. The van der Waals surface area contributed by atoms with Crippen molar-refractivity contribution in [2.24, 2.45) is 5.92 Å². The summed E-state index contributed by atoms with van der Waals surface area (Å²) in [7, 11) is 0. The largest absolute Gasteiger partial charge is 0.372 e. The van der Waals surface area contributed by atoms with Crippen LogP contribution < -0.4 is 20.4 Å². The number of aromatic nitrogens is 4. The lowest BCUT2D eigenvalue weighted by molar-refractivity contribution is -0.136. The number of anilines is 2. The van der Waals surface area contributed by atoms with Crippen LogP contribution in [0.15, 0.2) is 77.3 Å². The van der Waals surface area contributed by atoms with Crippen LogP contribution in [0.3, 0.4) is 0 Å². The normalized spacial score (nSPS) is 20.9. The minimum absolute atomic E-state index is 0.0230. The van der Waals surface area contributed by atoms with E-state index >= 15 is 4.39 Å². The molecule has 0 radical (unpaired) electrons. The fourth-order valence-corrected chi connectivity index (χ4v) is 10.8. The fourth-order valence-electron chi connectivity index (χ4n) is 10.8. The Kier molecular flexibility index (Phi) is 10.9. The van der Waals surface area contributed by atoms with Crippen LogP contribution in [-0.4, -0.2) is 111 Å². The third-order valence-corrected chi connectivity index (χ3v) is 14.7. The first kappa shape index (κ1) is 44.2. The molecular formula is C52H53FN10O6. The quantitative estimate of drug-likeness (QED) is 0.126. The van der Waals surface area contributed by atoms with Gasteiger partial charge in [0.2, 0.25) is 11.8 Å². The second-order valence-corrected chi connectivity index (χ2v) is 20.3. The van der Waals surface area contributed by atoms with Crippen molar-refractivity contribution < 1.29 is 32.9 Å². The van der Waals surface area contributed by atoms with E-state index in [9.17, 15) is 24.0 Å². The molecule has 5 amide bonds. The predicted octanol–water partition coefficient (Wildman–Crippen LogP) is 6.54. The lowest BCUT2D eigenvalue weighted by atomic mass is 9.85. The summed E-state index contributed by atoms with van der Waals surface area (Å²) in [6.07, 6.45) is 3.16. The zero-order valence-electron chi connectivity index (χ0n) is 39.0. The minimum atomic E-state index is -1.09. The number of benzene rings is 4. The van der Waals surface area contributed by atoms with E-state index in [1.807, 2.05) is 39.8 Å². The third-order valence-electron chi connectivity index (χ3n) is 14.7. The van der Waals surface area contributed by atoms with Crippen molar-refractivity contribution in [3.8, 4) is 22.4 Å². The number of hydrogen-bond donors (Lipinski definition) is 3. The van der Waals surface area contributed by atoms with Crippen molar-refractivity contribution >= 4 is 51.8 Å². The summed E-state index contributed by atoms with van der Waals surface area (Å²) in [6, 6.07) is 23.0. The minimum Gasteiger partial charge on any atom is -0.372 e. The number of amides is 5. The number of nitrogens with one attached hydrogen (secondary N) is 3. The Labute approximate surface area is 397 Å². The van der Waals surface area contributed by atoms with Gasteiger partial charge in [-0.15, -0.1) is 0 Å². The number of fused-ring (bicyclic) bond motifs is 4. The third kappa shape index (κ3) is 8.11.